The van der Waals surface area contributed by atoms with Gasteiger partial charge in [0.1, 0.15) is 5.75 Å². The Hall–Kier alpha value is -1.81. The molecule has 0 amide bonds. The van der Waals surface area contributed by atoms with E-state index in [2.05, 4.69) is 11.2 Å². The molecular weight excluding hydrogens is 226 g/mol. The molecule has 4 nitrogen and oxygen atoms in total. The topological polar surface area (TPSA) is 53.1 Å². The molecule has 1 aliphatic rings. The van der Waals surface area contributed by atoms with Gasteiger partial charge < -0.3 is 10.5 Å². The number of fused-ring (bicyclic) bond motifs is 1. The second-order valence-corrected chi connectivity index (χ2v) is 4.72. The normalized spacial score (nSPS) is 20.0. The molecule has 0 saturated carbocycles. The summed E-state index contributed by atoms with van der Waals surface area (Å²) in [6.07, 6.45) is 2.87. The molecule has 2 N–H and O–H groups in total. The van der Waals surface area contributed by atoms with Crippen LogP contribution in [0.1, 0.15) is 29.6 Å². The summed E-state index contributed by atoms with van der Waals surface area (Å²) in [5.74, 6) is 1.24. The molecule has 3 rings (SSSR count). The number of nitrogens with zero attached hydrogens (tertiary/aromatic N) is 2. The average molecular weight is 243 g/mol. The van der Waals surface area contributed by atoms with Crippen molar-refractivity contribution in [3.8, 4) is 5.75 Å². The Morgan fingerprint density at radius 3 is 3.00 bits per heavy atom. The molecule has 0 aliphatic carbocycles. The van der Waals surface area contributed by atoms with Crippen molar-refractivity contribution < 1.29 is 4.74 Å². The lowest BCUT2D eigenvalue weighted by Crippen LogP contribution is -2.25. The zero-order valence-electron chi connectivity index (χ0n) is 10.4. The zero-order chi connectivity index (χ0) is 12.5. The lowest BCUT2D eigenvalue weighted by molar-refractivity contribution is 0.254. The van der Waals surface area contributed by atoms with E-state index in [0.29, 0.717) is 0 Å². The number of nitrogens with two attached hydrogens (primary N) is 1. The summed E-state index contributed by atoms with van der Waals surface area (Å²) in [5.41, 5.74) is 8.51. The average Bonchev–Trinajstić information content (AvgIpc) is 2.84. The van der Waals surface area contributed by atoms with Gasteiger partial charge in [-0.2, -0.15) is 5.10 Å². The predicted octanol–water partition coefficient (Wildman–Crippen LogP) is 1.99. The van der Waals surface area contributed by atoms with Gasteiger partial charge in [-0.25, -0.2) is 0 Å². The molecule has 1 aromatic carbocycles. The van der Waals surface area contributed by atoms with E-state index in [1.807, 2.05) is 37.5 Å². The zero-order valence-corrected chi connectivity index (χ0v) is 10.4. The number of ether oxygens (including phenoxy) is 1. The van der Waals surface area contributed by atoms with Gasteiger partial charge in [0.05, 0.1) is 18.3 Å². The van der Waals surface area contributed by atoms with Crippen molar-refractivity contribution in [1.29, 1.82) is 0 Å². The Labute approximate surface area is 106 Å². The van der Waals surface area contributed by atoms with Crippen LogP contribution < -0.4 is 10.5 Å². The first-order chi connectivity index (χ1) is 8.75. The number of hydrogen-bond acceptors (Lipinski definition) is 3. The fraction of sp³-hybridized carbons (Fsp3) is 0.357. The molecule has 4 heteroatoms. The number of benzene rings is 1. The minimum absolute atomic E-state index is 0.0729. The predicted molar refractivity (Wildman–Crippen MR) is 69.4 cm³/mol. The van der Waals surface area contributed by atoms with Gasteiger partial charge in [-0.1, -0.05) is 18.2 Å². The minimum atomic E-state index is -0.0729. The Morgan fingerprint density at radius 2 is 2.22 bits per heavy atom. The number of aryl methyl sites for hydroxylation is 1. The van der Waals surface area contributed by atoms with Crippen LogP contribution in [-0.2, 0) is 7.05 Å². The van der Waals surface area contributed by atoms with Crippen LogP contribution in [0, 0.1) is 0 Å². The summed E-state index contributed by atoms with van der Waals surface area (Å²) < 4.78 is 7.46. The number of hydrogen-bond donors (Lipinski definition) is 1. The Bertz CT molecular complexity index is 549. The van der Waals surface area contributed by atoms with Gasteiger partial charge in [-0.15, -0.1) is 0 Å². The van der Waals surface area contributed by atoms with Crippen LogP contribution in [0.2, 0.25) is 0 Å². The Morgan fingerprint density at radius 1 is 1.39 bits per heavy atom. The van der Waals surface area contributed by atoms with E-state index in [1.54, 1.807) is 4.68 Å². The summed E-state index contributed by atoms with van der Waals surface area (Å²) in [6.45, 7) is 0.724. The van der Waals surface area contributed by atoms with E-state index in [4.69, 9.17) is 10.5 Å². The molecule has 0 fully saturated rings. The van der Waals surface area contributed by atoms with Gasteiger partial charge >= 0.3 is 0 Å². The van der Waals surface area contributed by atoms with Gasteiger partial charge in [0.25, 0.3) is 0 Å². The van der Waals surface area contributed by atoms with Crippen molar-refractivity contribution in [3.63, 3.8) is 0 Å². The first kappa shape index (κ1) is 11.3. The first-order valence-electron chi connectivity index (χ1n) is 6.22. The molecule has 1 aliphatic heterocycles. The summed E-state index contributed by atoms with van der Waals surface area (Å²) in [4.78, 5) is 0. The minimum Gasteiger partial charge on any atom is -0.493 e. The van der Waals surface area contributed by atoms with Crippen molar-refractivity contribution in [2.24, 2.45) is 12.8 Å². The Kier molecular flexibility index (Phi) is 2.80. The molecule has 0 radical (unpaired) electrons. The summed E-state index contributed by atoms with van der Waals surface area (Å²) in [7, 11) is 1.91. The SMILES string of the molecule is Cn1ccc(C(N)C2CCOc3ccccc32)n1. The number of rotatable bonds is 2. The van der Waals surface area contributed by atoms with Crippen molar-refractivity contribution >= 4 is 0 Å². The molecule has 2 unspecified atom stereocenters. The Balaban J connectivity index is 1.94. The third kappa shape index (κ3) is 1.88. The molecule has 94 valence electrons. The van der Waals surface area contributed by atoms with E-state index in [0.717, 1.165) is 24.5 Å². The molecule has 2 aromatic rings. The van der Waals surface area contributed by atoms with Gasteiger partial charge in [0, 0.05) is 19.2 Å². The lowest BCUT2D eigenvalue weighted by atomic mass is 9.85. The maximum absolute atomic E-state index is 6.37. The largest absolute Gasteiger partial charge is 0.493 e. The fourth-order valence-electron chi connectivity index (χ4n) is 2.56. The van der Waals surface area contributed by atoms with Crippen LogP contribution in [0.4, 0.5) is 0 Å². The van der Waals surface area contributed by atoms with Gasteiger partial charge in [-0.3, -0.25) is 4.68 Å². The molecule has 0 bridgehead atoms. The third-order valence-electron chi connectivity index (χ3n) is 3.51. The highest BCUT2D eigenvalue weighted by atomic mass is 16.5. The quantitative estimate of drug-likeness (QED) is 0.877. The summed E-state index contributed by atoms with van der Waals surface area (Å²) in [5, 5.41) is 4.41. The third-order valence-corrected chi connectivity index (χ3v) is 3.51. The van der Waals surface area contributed by atoms with Crippen LogP contribution >= 0.6 is 0 Å². The fourth-order valence-corrected chi connectivity index (χ4v) is 2.56. The van der Waals surface area contributed by atoms with E-state index in [9.17, 15) is 0 Å². The molecule has 0 spiro atoms. The van der Waals surface area contributed by atoms with Crippen LogP contribution in [-0.4, -0.2) is 16.4 Å². The molecule has 2 heterocycles. The highest BCUT2D eigenvalue weighted by molar-refractivity contribution is 5.39. The molecule has 2 atom stereocenters. The van der Waals surface area contributed by atoms with Crippen molar-refractivity contribution in [2.45, 2.75) is 18.4 Å². The first-order valence-corrected chi connectivity index (χ1v) is 6.22. The molecule has 0 saturated heterocycles. The maximum atomic E-state index is 6.37. The highest BCUT2D eigenvalue weighted by Gasteiger charge is 2.28. The molecular formula is C14H17N3O. The number of aromatic nitrogens is 2. The van der Waals surface area contributed by atoms with Crippen molar-refractivity contribution in [1.82, 2.24) is 9.78 Å². The van der Waals surface area contributed by atoms with Crippen LogP contribution in [0.15, 0.2) is 36.5 Å². The van der Waals surface area contributed by atoms with Crippen LogP contribution in [0.25, 0.3) is 0 Å². The number of para-hydroxylation sites is 1. The van der Waals surface area contributed by atoms with Crippen LogP contribution in [0.3, 0.4) is 0 Å². The lowest BCUT2D eigenvalue weighted by Gasteiger charge is -2.29. The van der Waals surface area contributed by atoms with E-state index >= 15 is 0 Å². The van der Waals surface area contributed by atoms with Crippen molar-refractivity contribution in [2.75, 3.05) is 6.61 Å². The van der Waals surface area contributed by atoms with Gasteiger partial charge in [0.15, 0.2) is 0 Å². The van der Waals surface area contributed by atoms with E-state index in [-0.39, 0.29) is 12.0 Å². The second-order valence-electron chi connectivity index (χ2n) is 4.72. The van der Waals surface area contributed by atoms with Gasteiger partial charge in [0.2, 0.25) is 0 Å². The summed E-state index contributed by atoms with van der Waals surface area (Å²) in [6, 6.07) is 10.0. The highest BCUT2D eigenvalue weighted by Crippen LogP contribution is 2.39. The second kappa shape index (κ2) is 4.46. The molecule has 18 heavy (non-hydrogen) atoms. The molecule has 1 aromatic heterocycles. The summed E-state index contributed by atoms with van der Waals surface area (Å²) >= 11 is 0. The van der Waals surface area contributed by atoms with E-state index < -0.39 is 0 Å². The maximum Gasteiger partial charge on any atom is 0.122 e. The van der Waals surface area contributed by atoms with Gasteiger partial charge in [-0.05, 0) is 24.1 Å². The smallest absolute Gasteiger partial charge is 0.122 e. The van der Waals surface area contributed by atoms with Crippen molar-refractivity contribution in [3.05, 3.63) is 47.8 Å². The van der Waals surface area contributed by atoms with Crippen LogP contribution in [0.5, 0.6) is 5.75 Å². The monoisotopic (exact) mass is 243 g/mol. The standard InChI is InChI=1S/C14H17N3O/c1-17-8-6-12(16-17)14(15)11-7-9-18-13-5-3-2-4-10(11)13/h2-6,8,11,14H,7,9,15H2,1H3. The van der Waals surface area contributed by atoms with E-state index in [1.165, 1.54) is 5.56 Å².